The molecule has 1 atom stereocenters. The molecule has 0 aliphatic heterocycles. The van der Waals surface area contributed by atoms with Crippen molar-refractivity contribution >= 4 is 17.5 Å². The third kappa shape index (κ3) is 3.72. The van der Waals surface area contributed by atoms with E-state index in [9.17, 15) is 4.79 Å². The van der Waals surface area contributed by atoms with E-state index in [4.69, 9.17) is 16.3 Å². The topological polar surface area (TPSA) is 38.3 Å². The van der Waals surface area contributed by atoms with Crippen molar-refractivity contribution in [2.24, 2.45) is 0 Å². The predicted molar refractivity (Wildman–Crippen MR) is 73.7 cm³/mol. The summed E-state index contributed by atoms with van der Waals surface area (Å²) in [6, 6.07) is 7.48. The van der Waals surface area contributed by atoms with Crippen LogP contribution < -0.4 is 5.32 Å². The van der Waals surface area contributed by atoms with Crippen molar-refractivity contribution in [3.8, 4) is 0 Å². The molecule has 0 aromatic heterocycles. The van der Waals surface area contributed by atoms with Gasteiger partial charge in [0.2, 0.25) is 0 Å². The molecule has 1 unspecified atom stereocenters. The van der Waals surface area contributed by atoms with Crippen molar-refractivity contribution in [2.45, 2.75) is 38.8 Å². The van der Waals surface area contributed by atoms with E-state index in [1.54, 1.807) is 13.8 Å². The first-order valence-corrected chi connectivity index (χ1v) is 6.40. The van der Waals surface area contributed by atoms with E-state index in [0.717, 1.165) is 12.0 Å². The second kappa shape index (κ2) is 6.21. The summed E-state index contributed by atoms with van der Waals surface area (Å²) in [5, 5.41) is 3.68. The van der Waals surface area contributed by atoms with Gasteiger partial charge in [-0.25, -0.2) is 0 Å². The lowest BCUT2D eigenvalue weighted by molar-refractivity contribution is -0.140. The van der Waals surface area contributed by atoms with Crippen LogP contribution in [0.5, 0.6) is 0 Å². The summed E-state index contributed by atoms with van der Waals surface area (Å²) in [6.07, 6.45) is 0.813. The summed E-state index contributed by atoms with van der Waals surface area (Å²) < 4.78 is 5.17. The number of amides is 1. The first kappa shape index (κ1) is 15.0. The molecule has 0 saturated heterocycles. The molecule has 0 saturated carbocycles. The number of methoxy groups -OCH3 is 1. The zero-order chi connectivity index (χ0) is 13.8. The molecule has 1 aromatic carbocycles. The number of carbonyl (C=O) groups is 1. The van der Waals surface area contributed by atoms with Gasteiger partial charge >= 0.3 is 0 Å². The van der Waals surface area contributed by atoms with Crippen molar-refractivity contribution in [2.75, 3.05) is 7.11 Å². The van der Waals surface area contributed by atoms with Crippen LogP contribution >= 0.6 is 11.6 Å². The Hall–Kier alpha value is -1.06. The summed E-state index contributed by atoms with van der Waals surface area (Å²) >= 11 is 5.85. The second-order valence-electron chi connectivity index (χ2n) is 4.70. The van der Waals surface area contributed by atoms with Gasteiger partial charge in [0.25, 0.3) is 5.91 Å². The monoisotopic (exact) mass is 269 g/mol. The van der Waals surface area contributed by atoms with Crippen LogP contribution in [0.15, 0.2) is 24.3 Å². The van der Waals surface area contributed by atoms with Crippen molar-refractivity contribution in [1.82, 2.24) is 5.32 Å². The smallest absolute Gasteiger partial charge is 0.252 e. The number of rotatable bonds is 5. The summed E-state index contributed by atoms with van der Waals surface area (Å²) in [5.74, 6) is -0.119. The van der Waals surface area contributed by atoms with E-state index in [1.807, 2.05) is 31.2 Å². The maximum atomic E-state index is 12.0. The Morgan fingerprint density at radius 2 is 1.94 bits per heavy atom. The van der Waals surface area contributed by atoms with Crippen LogP contribution in [0.1, 0.15) is 38.8 Å². The molecule has 0 fully saturated rings. The van der Waals surface area contributed by atoms with E-state index in [0.29, 0.717) is 5.02 Å². The Labute approximate surface area is 113 Å². The molecule has 0 aliphatic rings. The Balaban J connectivity index is 2.80. The fourth-order valence-corrected chi connectivity index (χ4v) is 1.67. The number of ether oxygens (including phenoxy) is 1. The van der Waals surface area contributed by atoms with Gasteiger partial charge < -0.3 is 10.1 Å². The van der Waals surface area contributed by atoms with Crippen LogP contribution in [0, 0.1) is 0 Å². The highest BCUT2D eigenvalue weighted by atomic mass is 35.5. The molecular formula is C14H20ClNO2. The standard InChI is InChI=1S/C14H20ClNO2/c1-5-12(10-6-8-11(15)9-7-10)16-13(17)14(2,3)18-4/h6-9,12H,5H2,1-4H3,(H,16,17). The molecule has 100 valence electrons. The minimum absolute atomic E-state index is 0.0239. The Bertz CT molecular complexity index is 401. The molecule has 0 heterocycles. The van der Waals surface area contributed by atoms with Gasteiger partial charge in [-0.05, 0) is 38.0 Å². The highest BCUT2D eigenvalue weighted by Gasteiger charge is 2.28. The van der Waals surface area contributed by atoms with Gasteiger partial charge in [0, 0.05) is 12.1 Å². The van der Waals surface area contributed by atoms with Crippen molar-refractivity contribution in [1.29, 1.82) is 0 Å². The fourth-order valence-electron chi connectivity index (χ4n) is 1.54. The fraction of sp³-hybridized carbons (Fsp3) is 0.500. The first-order valence-electron chi connectivity index (χ1n) is 6.02. The average Bonchev–Trinajstić information content (AvgIpc) is 2.36. The van der Waals surface area contributed by atoms with Gasteiger partial charge in [-0.1, -0.05) is 30.7 Å². The van der Waals surface area contributed by atoms with Crippen molar-refractivity contribution in [3.05, 3.63) is 34.9 Å². The predicted octanol–water partition coefficient (Wildman–Crippen LogP) is 3.33. The number of hydrogen-bond donors (Lipinski definition) is 1. The van der Waals surface area contributed by atoms with Crippen molar-refractivity contribution < 1.29 is 9.53 Å². The maximum Gasteiger partial charge on any atom is 0.252 e. The highest BCUT2D eigenvalue weighted by molar-refractivity contribution is 6.30. The van der Waals surface area contributed by atoms with Gasteiger partial charge in [0.15, 0.2) is 0 Å². The molecule has 0 radical (unpaired) electrons. The van der Waals surface area contributed by atoms with Crippen LogP contribution in [0.4, 0.5) is 0 Å². The summed E-state index contributed by atoms with van der Waals surface area (Å²) in [4.78, 5) is 12.0. The van der Waals surface area contributed by atoms with Crippen LogP contribution in [0.2, 0.25) is 5.02 Å². The van der Waals surface area contributed by atoms with E-state index in [1.165, 1.54) is 7.11 Å². The molecule has 3 nitrogen and oxygen atoms in total. The summed E-state index contributed by atoms with van der Waals surface area (Å²) in [7, 11) is 1.53. The minimum Gasteiger partial charge on any atom is -0.369 e. The van der Waals surface area contributed by atoms with Gasteiger partial charge in [-0.15, -0.1) is 0 Å². The Morgan fingerprint density at radius 3 is 2.39 bits per heavy atom. The van der Waals surface area contributed by atoms with Gasteiger partial charge in [0.05, 0.1) is 6.04 Å². The second-order valence-corrected chi connectivity index (χ2v) is 5.14. The Kier molecular flexibility index (Phi) is 5.17. The van der Waals surface area contributed by atoms with Crippen LogP contribution in [-0.2, 0) is 9.53 Å². The van der Waals surface area contributed by atoms with E-state index >= 15 is 0 Å². The van der Waals surface area contributed by atoms with Gasteiger partial charge in [-0.3, -0.25) is 4.79 Å². The molecular weight excluding hydrogens is 250 g/mol. The number of benzene rings is 1. The maximum absolute atomic E-state index is 12.0. The highest BCUT2D eigenvalue weighted by Crippen LogP contribution is 2.20. The molecule has 1 amide bonds. The molecule has 0 spiro atoms. The zero-order valence-corrected chi connectivity index (χ0v) is 12.0. The number of nitrogens with one attached hydrogen (secondary N) is 1. The molecule has 4 heteroatoms. The molecule has 0 aliphatic carbocycles. The number of hydrogen-bond acceptors (Lipinski definition) is 2. The normalized spacial score (nSPS) is 13.2. The SMILES string of the molecule is CCC(NC(=O)C(C)(C)OC)c1ccc(Cl)cc1. The molecule has 0 bridgehead atoms. The summed E-state index contributed by atoms with van der Waals surface area (Å²) in [5.41, 5.74) is 0.224. The lowest BCUT2D eigenvalue weighted by Crippen LogP contribution is -2.44. The average molecular weight is 270 g/mol. The number of carbonyl (C=O) groups excluding carboxylic acids is 1. The largest absolute Gasteiger partial charge is 0.369 e. The minimum atomic E-state index is -0.820. The van der Waals surface area contributed by atoms with Crippen molar-refractivity contribution in [3.63, 3.8) is 0 Å². The van der Waals surface area contributed by atoms with E-state index in [2.05, 4.69) is 5.32 Å². The quantitative estimate of drug-likeness (QED) is 0.890. The van der Waals surface area contributed by atoms with Gasteiger partial charge in [-0.2, -0.15) is 0 Å². The first-order chi connectivity index (χ1) is 8.40. The van der Waals surface area contributed by atoms with Crippen LogP contribution in [-0.4, -0.2) is 18.6 Å². The zero-order valence-electron chi connectivity index (χ0n) is 11.3. The lowest BCUT2D eigenvalue weighted by Gasteiger charge is -2.26. The molecule has 1 rings (SSSR count). The van der Waals surface area contributed by atoms with E-state index in [-0.39, 0.29) is 11.9 Å². The van der Waals surface area contributed by atoms with Crippen LogP contribution in [0.3, 0.4) is 0 Å². The molecule has 1 N–H and O–H groups in total. The van der Waals surface area contributed by atoms with Gasteiger partial charge in [0.1, 0.15) is 5.60 Å². The lowest BCUT2D eigenvalue weighted by atomic mass is 10.0. The third-order valence-corrected chi connectivity index (χ3v) is 3.30. The Morgan fingerprint density at radius 1 is 1.39 bits per heavy atom. The van der Waals surface area contributed by atoms with Crippen LogP contribution in [0.25, 0.3) is 0 Å². The third-order valence-electron chi connectivity index (χ3n) is 3.04. The summed E-state index contributed by atoms with van der Waals surface area (Å²) in [6.45, 7) is 5.52. The number of halogens is 1. The van der Waals surface area contributed by atoms with E-state index < -0.39 is 5.60 Å². The molecule has 18 heavy (non-hydrogen) atoms. The molecule has 1 aromatic rings.